The van der Waals surface area contributed by atoms with Crippen molar-refractivity contribution >= 4 is 11.9 Å². The van der Waals surface area contributed by atoms with Gasteiger partial charge in [0.1, 0.15) is 0 Å². The van der Waals surface area contributed by atoms with Gasteiger partial charge < -0.3 is 9.64 Å². The summed E-state index contributed by atoms with van der Waals surface area (Å²) >= 11 is 0. The average molecular weight is 270 g/mol. The maximum absolute atomic E-state index is 12.1. The van der Waals surface area contributed by atoms with E-state index in [0.717, 1.165) is 19.5 Å². The Morgan fingerprint density at radius 2 is 2.16 bits per heavy atom. The van der Waals surface area contributed by atoms with Gasteiger partial charge in [-0.1, -0.05) is 6.92 Å². The summed E-state index contributed by atoms with van der Waals surface area (Å²) in [5.41, 5.74) is 0. The van der Waals surface area contributed by atoms with Gasteiger partial charge in [0.15, 0.2) is 0 Å². The van der Waals surface area contributed by atoms with Crippen molar-refractivity contribution < 1.29 is 14.3 Å². The van der Waals surface area contributed by atoms with Crippen LogP contribution in [0.1, 0.15) is 33.1 Å². The van der Waals surface area contributed by atoms with Crippen molar-refractivity contribution in [1.82, 2.24) is 9.80 Å². The van der Waals surface area contributed by atoms with E-state index in [1.54, 1.807) is 6.92 Å². The van der Waals surface area contributed by atoms with E-state index in [2.05, 4.69) is 6.92 Å². The van der Waals surface area contributed by atoms with Gasteiger partial charge in [-0.15, -0.1) is 0 Å². The monoisotopic (exact) mass is 270 g/mol. The molecule has 0 aromatic rings. The summed E-state index contributed by atoms with van der Waals surface area (Å²) in [6.07, 6.45) is 2.65. The van der Waals surface area contributed by atoms with Gasteiger partial charge in [0.05, 0.1) is 19.6 Å². The van der Waals surface area contributed by atoms with Crippen LogP contribution >= 0.6 is 0 Å². The zero-order valence-corrected chi connectivity index (χ0v) is 12.4. The number of hydrogen-bond acceptors (Lipinski definition) is 4. The molecule has 1 atom stereocenters. The van der Waals surface area contributed by atoms with Gasteiger partial charge in [0.25, 0.3) is 0 Å². The molecule has 0 saturated carbocycles. The van der Waals surface area contributed by atoms with Gasteiger partial charge in [0, 0.05) is 19.6 Å². The largest absolute Gasteiger partial charge is 0.466 e. The second-order valence-corrected chi connectivity index (χ2v) is 5.38. The number of amides is 1. The number of hydrogen-bond donors (Lipinski definition) is 0. The van der Waals surface area contributed by atoms with Crippen LogP contribution in [0.3, 0.4) is 0 Å². The Hall–Kier alpha value is -1.10. The second kappa shape index (κ2) is 8.15. The Labute approximate surface area is 115 Å². The first kappa shape index (κ1) is 16.0. The highest BCUT2D eigenvalue weighted by atomic mass is 16.5. The summed E-state index contributed by atoms with van der Waals surface area (Å²) in [5.74, 6) is 0.564. The summed E-state index contributed by atoms with van der Waals surface area (Å²) in [5, 5.41) is 0. The van der Waals surface area contributed by atoms with E-state index >= 15 is 0 Å². The highest BCUT2D eigenvalue weighted by molar-refractivity contribution is 5.78. The third kappa shape index (κ3) is 6.05. The van der Waals surface area contributed by atoms with Gasteiger partial charge in [-0.2, -0.15) is 0 Å². The lowest BCUT2D eigenvalue weighted by Crippen LogP contribution is -2.44. The first-order valence-electron chi connectivity index (χ1n) is 7.14. The Balaban J connectivity index is 2.25. The molecule has 0 radical (unpaired) electrons. The van der Waals surface area contributed by atoms with Crippen LogP contribution < -0.4 is 0 Å². The number of carbonyl (C=O) groups is 2. The normalized spacial score (nSPS) is 19.6. The van der Waals surface area contributed by atoms with Crippen LogP contribution in [0.25, 0.3) is 0 Å². The molecule has 1 aliphatic rings. The predicted molar refractivity (Wildman–Crippen MR) is 73.7 cm³/mol. The summed E-state index contributed by atoms with van der Waals surface area (Å²) in [6, 6.07) is 0. The van der Waals surface area contributed by atoms with E-state index in [9.17, 15) is 9.59 Å². The summed E-state index contributed by atoms with van der Waals surface area (Å²) in [6.45, 7) is 7.07. The average Bonchev–Trinajstić information content (AvgIpc) is 2.36. The molecule has 1 amide bonds. The van der Waals surface area contributed by atoms with Crippen molar-refractivity contribution in [2.45, 2.75) is 33.1 Å². The van der Waals surface area contributed by atoms with Crippen LogP contribution in [0.5, 0.6) is 0 Å². The van der Waals surface area contributed by atoms with Crippen molar-refractivity contribution in [2.75, 3.05) is 39.8 Å². The van der Waals surface area contributed by atoms with Crippen molar-refractivity contribution in [3.05, 3.63) is 0 Å². The van der Waals surface area contributed by atoms with Crippen molar-refractivity contribution in [1.29, 1.82) is 0 Å². The van der Waals surface area contributed by atoms with E-state index in [1.165, 1.54) is 6.42 Å². The number of rotatable bonds is 6. The first-order valence-corrected chi connectivity index (χ1v) is 7.14. The fraction of sp³-hybridized carbons (Fsp3) is 0.857. The third-order valence-electron chi connectivity index (χ3n) is 3.42. The van der Waals surface area contributed by atoms with Gasteiger partial charge in [-0.05, 0) is 32.7 Å². The smallest absolute Gasteiger partial charge is 0.307 e. The molecule has 1 fully saturated rings. The van der Waals surface area contributed by atoms with Gasteiger partial charge >= 0.3 is 5.97 Å². The van der Waals surface area contributed by atoms with E-state index in [1.807, 2.05) is 16.8 Å². The zero-order chi connectivity index (χ0) is 14.3. The Bertz CT molecular complexity index is 307. The zero-order valence-electron chi connectivity index (χ0n) is 12.4. The summed E-state index contributed by atoms with van der Waals surface area (Å²) in [7, 11) is 1.87. The quantitative estimate of drug-likeness (QED) is 0.679. The molecular weight excluding hydrogens is 244 g/mol. The van der Waals surface area contributed by atoms with Crippen LogP contribution in [-0.2, 0) is 14.3 Å². The minimum atomic E-state index is -0.201. The van der Waals surface area contributed by atoms with E-state index in [4.69, 9.17) is 4.74 Å². The Morgan fingerprint density at radius 1 is 1.42 bits per heavy atom. The van der Waals surface area contributed by atoms with E-state index in [-0.39, 0.29) is 11.9 Å². The molecule has 1 heterocycles. The standard InChI is InChI=1S/C14H26N2O3/c1-4-19-14(18)7-9-15(3)11-13(17)16-8-5-6-12(2)10-16/h12H,4-11H2,1-3H3. The molecule has 19 heavy (non-hydrogen) atoms. The first-order chi connectivity index (χ1) is 9.02. The van der Waals surface area contributed by atoms with Gasteiger partial charge in [-0.3, -0.25) is 14.5 Å². The molecule has 1 rings (SSSR count). The number of likely N-dealkylation sites (N-methyl/N-ethyl adjacent to an activating group) is 1. The summed E-state index contributed by atoms with van der Waals surface area (Å²) in [4.78, 5) is 27.2. The van der Waals surface area contributed by atoms with Crippen LogP contribution in [0.15, 0.2) is 0 Å². The predicted octanol–water partition coefficient (Wildman–Crippen LogP) is 1.13. The van der Waals surface area contributed by atoms with Crippen LogP contribution in [0, 0.1) is 5.92 Å². The molecule has 0 bridgehead atoms. The Kier molecular flexibility index (Phi) is 6.84. The van der Waals surface area contributed by atoms with Crippen LogP contribution in [0.2, 0.25) is 0 Å². The summed E-state index contributed by atoms with van der Waals surface area (Å²) < 4.78 is 4.87. The minimum absolute atomic E-state index is 0.165. The fourth-order valence-electron chi connectivity index (χ4n) is 2.34. The SMILES string of the molecule is CCOC(=O)CCN(C)CC(=O)N1CCCC(C)C1. The van der Waals surface area contributed by atoms with Gasteiger partial charge in [0.2, 0.25) is 5.91 Å². The maximum Gasteiger partial charge on any atom is 0.307 e. The highest BCUT2D eigenvalue weighted by Crippen LogP contribution is 2.15. The van der Waals surface area contributed by atoms with E-state index in [0.29, 0.717) is 32.0 Å². The number of esters is 1. The molecule has 0 N–H and O–H groups in total. The number of nitrogens with zero attached hydrogens (tertiary/aromatic N) is 2. The van der Waals surface area contributed by atoms with Crippen LogP contribution in [0.4, 0.5) is 0 Å². The number of likely N-dealkylation sites (tertiary alicyclic amines) is 1. The molecule has 1 unspecified atom stereocenters. The van der Waals surface area contributed by atoms with Gasteiger partial charge in [-0.25, -0.2) is 0 Å². The second-order valence-electron chi connectivity index (χ2n) is 5.38. The molecule has 1 saturated heterocycles. The lowest BCUT2D eigenvalue weighted by Gasteiger charge is -2.32. The molecular formula is C14H26N2O3. The highest BCUT2D eigenvalue weighted by Gasteiger charge is 2.21. The maximum atomic E-state index is 12.1. The van der Waals surface area contributed by atoms with E-state index < -0.39 is 0 Å². The molecule has 1 aliphatic heterocycles. The molecule has 0 aromatic heterocycles. The molecule has 0 spiro atoms. The molecule has 0 aliphatic carbocycles. The number of ether oxygens (including phenoxy) is 1. The van der Waals surface area contributed by atoms with Crippen molar-refractivity contribution in [3.63, 3.8) is 0 Å². The third-order valence-corrected chi connectivity index (χ3v) is 3.42. The molecule has 5 nitrogen and oxygen atoms in total. The van der Waals surface area contributed by atoms with Crippen molar-refractivity contribution in [3.8, 4) is 0 Å². The molecule has 110 valence electrons. The molecule has 0 aromatic carbocycles. The Morgan fingerprint density at radius 3 is 2.79 bits per heavy atom. The lowest BCUT2D eigenvalue weighted by molar-refractivity contribution is -0.144. The fourth-order valence-corrected chi connectivity index (χ4v) is 2.34. The lowest BCUT2D eigenvalue weighted by atomic mass is 10.0. The number of piperidine rings is 1. The topological polar surface area (TPSA) is 49.9 Å². The van der Waals surface area contributed by atoms with Crippen LogP contribution in [-0.4, -0.2) is 61.5 Å². The number of carbonyl (C=O) groups excluding carboxylic acids is 2. The van der Waals surface area contributed by atoms with Crippen molar-refractivity contribution in [2.24, 2.45) is 5.92 Å². The minimum Gasteiger partial charge on any atom is -0.466 e. The molecule has 5 heteroatoms.